The summed E-state index contributed by atoms with van der Waals surface area (Å²) in [7, 11) is 0. The maximum atomic E-state index is 12.4. The van der Waals surface area contributed by atoms with E-state index < -0.39 is 5.56 Å². The number of nitrogens with zero attached hydrogens (tertiary/aromatic N) is 7. The third-order valence-electron chi connectivity index (χ3n) is 3.52. The number of hydrazone groups is 1. The van der Waals surface area contributed by atoms with Crippen LogP contribution in [0.3, 0.4) is 0 Å². The second kappa shape index (κ2) is 5.67. The molecule has 0 unspecified atom stereocenters. The molecule has 4 heterocycles. The molecule has 4 aromatic heterocycles. The molecular formula is C15H12N8O2. The average Bonchev–Trinajstić information content (AvgIpc) is 3.06. The van der Waals surface area contributed by atoms with Gasteiger partial charge in [-0.2, -0.15) is 19.7 Å². The summed E-state index contributed by atoms with van der Waals surface area (Å²) in [5.74, 6) is -0.389. The van der Waals surface area contributed by atoms with Gasteiger partial charge in [0.1, 0.15) is 23.2 Å². The van der Waals surface area contributed by atoms with Crippen LogP contribution in [-0.2, 0) is 0 Å². The number of nitrogens with one attached hydrogen (secondary N) is 1. The first-order chi connectivity index (χ1) is 12.1. The van der Waals surface area contributed by atoms with E-state index in [9.17, 15) is 9.90 Å². The van der Waals surface area contributed by atoms with Crippen molar-refractivity contribution in [3.8, 4) is 5.88 Å². The maximum absolute atomic E-state index is 12.4. The van der Waals surface area contributed by atoms with Crippen molar-refractivity contribution in [1.82, 2.24) is 29.2 Å². The number of rotatable bonds is 3. The zero-order chi connectivity index (χ0) is 17.4. The molecule has 0 amide bonds. The summed E-state index contributed by atoms with van der Waals surface area (Å²) >= 11 is 0. The summed E-state index contributed by atoms with van der Waals surface area (Å²) in [5.41, 5.74) is 4.47. The standard InChI is InChI=1S/C15H12N8O2/c1-9-6-11(13-20-17-8-23(13)21-9)19-16-7-10-14(24)18-12-4-2-3-5-22(12)15(10)25/h2-8,19,24H,1H3/b16-7-. The monoisotopic (exact) mass is 336 g/mol. The van der Waals surface area contributed by atoms with E-state index in [-0.39, 0.29) is 11.4 Å². The SMILES string of the molecule is Cc1cc(N/N=C\c2c(O)nc3ccccn3c2=O)c2nncn2n1. The van der Waals surface area contributed by atoms with Gasteiger partial charge in [-0.15, -0.1) is 10.2 Å². The molecule has 0 fully saturated rings. The summed E-state index contributed by atoms with van der Waals surface area (Å²) in [4.78, 5) is 16.4. The summed E-state index contributed by atoms with van der Waals surface area (Å²) < 4.78 is 2.84. The van der Waals surface area contributed by atoms with Crippen molar-refractivity contribution in [3.63, 3.8) is 0 Å². The number of fused-ring (bicyclic) bond motifs is 2. The van der Waals surface area contributed by atoms with E-state index in [0.717, 1.165) is 5.69 Å². The van der Waals surface area contributed by atoms with Crippen molar-refractivity contribution in [2.24, 2.45) is 5.10 Å². The van der Waals surface area contributed by atoms with Gasteiger partial charge in [0.2, 0.25) is 11.5 Å². The van der Waals surface area contributed by atoms with Gasteiger partial charge in [-0.05, 0) is 25.1 Å². The third kappa shape index (κ3) is 2.55. The van der Waals surface area contributed by atoms with Gasteiger partial charge in [0, 0.05) is 6.20 Å². The lowest BCUT2D eigenvalue weighted by Gasteiger charge is -2.04. The average molecular weight is 336 g/mol. The largest absolute Gasteiger partial charge is 0.493 e. The molecule has 25 heavy (non-hydrogen) atoms. The first-order valence-corrected chi connectivity index (χ1v) is 7.30. The fraction of sp³-hybridized carbons (Fsp3) is 0.0667. The van der Waals surface area contributed by atoms with Gasteiger partial charge in [0.05, 0.1) is 11.9 Å². The summed E-state index contributed by atoms with van der Waals surface area (Å²) in [6, 6.07) is 6.80. The van der Waals surface area contributed by atoms with Crippen LogP contribution in [0.4, 0.5) is 5.69 Å². The minimum atomic E-state index is -0.424. The van der Waals surface area contributed by atoms with Gasteiger partial charge in [-0.1, -0.05) is 6.07 Å². The predicted octanol–water partition coefficient (Wildman–Crippen LogP) is 0.592. The van der Waals surface area contributed by atoms with Crippen molar-refractivity contribution in [2.45, 2.75) is 6.92 Å². The lowest BCUT2D eigenvalue weighted by atomic mass is 10.3. The number of aromatic hydroxyl groups is 1. The molecule has 0 spiro atoms. The second-order valence-electron chi connectivity index (χ2n) is 5.25. The molecule has 0 aromatic carbocycles. The van der Waals surface area contributed by atoms with Crippen LogP contribution in [0.2, 0.25) is 0 Å². The van der Waals surface area contributed by atoms with Crippen LogP contribution in [0, 0.1) is 6.92 Å². The van der Waals surface area contributed by atoms with Crippen molar-refractivity contribution < 1.29 is 5.11 Å². The predicted molar refractivity (Wildman–Crippen MR) is 89.9 cm³/mol. The number of pyridine rings is 1. The molecule has 0 bridgehead atoms. The second-order valence-corrected chi connectivity index (χ2v) is 5.25. The molecule has 10 heteroatoms. The minimum absolute atomic E-state index is 0.0283. The topological polar surface area (TPSA) is 122 Å². The Morgan fingerprint density at radius 2 is 2.24 bits per heavy atom. The zero-order valence-electron chi connectivity index (χ0n) is 13.0. The van der Waals surface area contributed by atoms with Crippen molar-refractivity contribution in [1.29, 1.82) is 0 Å². The Bertz CT molecular complexity index is 1180. The smallest absolute Gasteiger partial charge is 0.270 e. The van der Waals surface area contributed by atoms with Crippen LogP contribution in [0.5, 0.6) is 5.88 Å². The Morgan fingerprint density at radius 3 is 3.12 bits per heavy atom. The number of hydrogen-bond acceptors (Lipinski definition) is 8. The molecule has 4 aromatic rings. The highest BCUT2D eigenvalue weighted by molar-refractivity contribution is 5.83. The zero-order valence-corrected chi connectivity index (χ0v) is 13.0. The minimum Gasteiger partial charge on any atom is -0.493 e. The van der Waals surface area contributed by atoms with Crippen LogP contribution < -0.4 is 11.0 Å². The Balaban J connectivity index is 1.71. The molecule has 2 N–H and O–H groups in total. The normalized spacial score (nSPS) is 11.6. The van der Waals surface area contributed by atoms with E-state index in [0.29, 0.717) is 17.0 Å². The van der Waals surface area contributed by atoms with E-state index >= 15 is 0 Å². The molecule has 0 saturated heterocycles. The quantitative estimate of drug-likeness (QED) is 0.415. The van der Waals surface area contributed by atoms with Gasteiger partial charge in [0.25, 0.3) is 5.56 Å². The first-order valence-electron chi connectivity index (χ1n) is 7.30. The van der Waals surface area contributed by atoms with Gasteiger partial charge < -0.3 is 5.11 Å². The number of anilines is 1. The molecule has 0 radical (unpaired) electrons. The molecule has 4 rings (SSSR count). The Kier molecular flexibility index (Phi) is 3.35. The van der Waals surface area contributed by atoms with Gasteiger partial charge >= 0.3 is 0 Å². The van der Waals surface area contributed by atoms with Crippen LogP contribution >= 0.6 is 0 Å². The number of aryl methyl sites for hydroxylation is 1. The lowest BCUT2D eigenvalue weighted by Crippen LogP contribution is -2.19. The Labute approximate surface area is 140 Å². The maximum Gasteiger partial charge on any atom is 0.270 e. The highest BCUT2D eigenvalue weighted by Gasteiger charge is 2.10. The molecule has 0 aliphatic heterocycles. The molecule has 0 aliphatic rings. The summed E-state index contributed by atoms with van der Waals surface area (Å²) in [6.07, 6.45) is 4.26. The van der Waals surface area contributed by atoms with E-state index in [2.05, 4.69) is 30.8 Å². The molecule has 10 nitrogen and oxygen atoms in total. The lowest BCUT2D eigenvalue weighted by molar-refractivity contribution is 0.452. The molecule has 0 atom stereocenters. The van der Waals surface area contributed by atoms with E-state index in [1.165, 1.54) is 21.5 Å². The summed E-state index contributed by atoms with van der Waals surface area (Å²) in [5, 5.41) is 26.0. The molecule has 0 saturated carbocycles. The molecular weight excluding hydrogens is 324 g/mol. The number of hydrogen-bond donors (Lipinski definition) is 2. The highest BCUT2D eigenvalue weighted by Crippen LogP contribution is 2.15. The van der Waals surface area contributed by atoms with Crippen LogP contribution in [0.1, 0.15) is 11.3 Å². The first kappa shape index (κ1) is 14.8. The van der Waals surface area contributed by atoms with Crippen LogP contribution in [0.15, 0.2) is 46.7 Å². The number of aromatic nitrogens is 6. The third-order valence-corrected chi connectivity index (χ3v) is 3.52. The van der Waals surface area contributed by atoms with Crippen LogP contribution in [0.25, 0.3) is 11.3 Å². The Hall–Kier alpha value is -3.82. The van der Waals surface area contributed by atoms with E-state index in [4.69, 9.17) is 0 Å². The molecule has 124 valence electrons. The van der Waals surface area contributed by atoms with E-state index in [1.807, 2.05) is 6.92 Å². The highest BCUT2D eigenvalue weighted by atomic mass is 16.3. The van der Waals surface area contributed by atoms with Gasteiger partial charge in [-0.25, -0.2) is 0 Å². The molecule has 0 aliphatic carbocycles. The van der Waals surface area contributed by atoms with E-state index in [1.54, 1.807) is 30.5 Å². The van der Waals surface area contributed by atoms with Gasteiger partial charge in [0.15, 0.2) is 0 Å². The van der Waals surface area contributed by atoms with Crippen molar-refractivity contribution >= 4 is 23.2 Å². The van der Waals surface area contributed by atoms with Gasteiger partial charge in [-0.3, -0.25) is 14.6 Å². The fourth-order valence-electron chi connectivity index (χ4n) is 2.41. The van der Waals surface area contributed by atoms with Crippen molar-refractivity contribution in [3.05, 3.63) is 58.4 Å². The summed E-state index contributed by atoms with van der Waals surface area (Å²) in [6.45, 7) is 1.82. The Morgan fingerprint density at radius 1 is 1.36 bits per heavy atom. The van der Waals surface area contributed by atoms with Crippen LogP contribution in [-0.4, -0.2) is 40.5 Å². The van der Waals surface area contributed by atoms with Crippen molar-refractivity contribution in [2.75, 3.05) is 5.43 Å². The fourth-order valence-corrected chi connectivity index (χ4v) is 2.41.